The zero-order valence-corrected chi connectivity index (χ0v) is 15.2. The van der Waals surface area contributed by atoms with E-state index in [-0.39, 0.29) is 11.3 Å². The fraction of sp³-hybridized carbons (Fsp3) is 0.143. The molecule has 0 fully saturated rings. The first-order valence-corrected chi connectivity index (χ1v) is 8.54. The van der Waals surface area contributed by atoms with Crippen LogP contribution >= 0.6 is 0 Å². The SMILES string of the molecule is Cc1occc1C(=O)O[C@@H](C(=O)Nc1cccc(C(F)(F)F)c1)c1ccccc1. The third kappa shape index (κ3) is 4.84. The average Bonchev–Trinajstić information content (AvgIpc) is 3.12. The Kier molecular flexibility index (Phi) is 5.72. The molecule has 8 heteroatoms. The minimum Gasteiger partial charge on any atom is -0.469 e. The highest BCUT2D eigenvalue weighted by Gasteiger charge is 2.31. The van der Waals surface area contributed by atoms with Crippen molar-refractivity contribution >= 4 is 17.6 Å². The number of alkyl halides is 3. The van der Waals surface area contributed by atoms with Gasteiger partial charge in [-0.2, -0.15) is 13.2 Å². The van der Waals surface area contributed by atoms with Crippen LogP contribution in [-0.2, 0) is 15.7 Å². The number of carbonyl (C=O) groups is 2. The first kappa shape index (κ1) is 20.2. The van der Waals surface area contributed by atoms with Crippen LogP contribution in [-0.4, -0.2) is 11.9 Å². The number of anilines is 1. The molecule has 3 aromatic rings. The van der Waals surface area contributed by atoms with Gasteiger partial charge in [-0.3, -0.25) is 4.79 Å². The van der Waals surface area contributed by atoms with Crippen LogP contribution in [0.25, 0.3) is 0 Å². The number of esters is 1. The highest BCUT2D eigenvalue weighted by Crippen LogP contribution is 2.31. The summed E-state index contributed by atoms with van der Waals surface area (Å²) in [7, 11) is 0. The van der Waals surface area contributed by atoms with E-state index in [0.29, 0.717) is 11.3 Å². The summed E-state index contributed by atoms with van der Waals surface area (Å²) in [5, 5.41) is 2.38. The molecule has 1 N–H and O–H groups in total. The quantitative estimate of drug-likeness (QED) is 0.599. The lowest BCUT2D eigenvalue weighted by Gasteiger charge is -2.18. The fourth-order valence-corrected chi connectivity index (χ4v) is 2.65. The number of hydrogen-bond donors (Lipinski definition) is 1. The van der Waals surface area contributed by atoms with Crippen LogP contribution in [0.1, 0.15) is 33.3 Å². The third-order valence-corrected chi connectivity index (χ3v) is 4.10. The van der Waals surface area contributed by atoms with E-state index in [1.165, 1.54) is 24.5 Å². The van der Waals surface area contributed by atoms with E-state index in [0.717, 1.165) is 12.1 Å². The molecule has 1 atom stereocenters. The van der Waals surface area contributed by atoms with Crippen molar-refractivity contribution in [2.75, 3.05) is 5.32 Å². The van der Waals surface area contributed by atoms with Gasteiger partial charge in [-0.15, -0.1) is 0 Å². The predicted molar refractivity (Wildman–Crippen MR) is 98.1 cm³/mol. The Balaban J connectivity index is 1.86. The Morgan fingerprint density at radius 3 is 2.38 bits per heavy atom. The minimum atomic E-state index is -4.55. The molecular formula is C21H16F3NO4. The summed E-state index contributed by atoms with van der Waals surface area (Å²) in [6.45, 7) is 1.57. The first-order chi connectivity index (χ1) is 13.8. The van der Waals surface area contributed by atoms with Crippen LogP contribution in [0.15, 0.2) is 71.3 Å². The monoisotopic (exact) mass is 403 g/mol. The van der Waals surface area contributed by atoms with Crippen LogP contribution in [0.2, 0.25) is 0 Å². The van der Waals surface area contributed by atoms with Gasteiger partial charge in [0.15, 0.2) is 0 Å². The topological polar surface area (TPSA) is 68.5 Å². The lowest BCUT2D eigenvalue weighted by atomic mass is 10.1. The van der Waals surface area contributed by atoms with Gasteiger partial charge < -0.3 is 14.5 Å². The standard InChI is InChI=1S/C21H16F3NO4/c1-13-17(10-11-28-13)20(27)29-18(14-6-3-2-4-7-14)19(26)25-16-9-5-8-15(12-16)21(22,23)24/h2-12,18H,1H3,(H,25,26)/t18-/m1/s1. The zero-order valence-electron chi connectivity index (χ0n) is 15.2. The lowest BCUT2D eigenvalue weighted by Crippen LogP contribution is -2.26. The van der Waals surface area contributed by atoms with Crippen LogP contribution < -0.4 is 5.32 Å². The number of furan rings is 1. The molecule has 0 bridgehead atoms. The molecular weight excluding hydrogens is 387 g/mol. The molecule has 0 spiro atoms. The van der Waals surface area contributed by atoms with Crippen molar-refractivity contribution in [1.82, 2.24) is 0 Å². The second-order valence-corrected chi connectivity index (χ2v) is 6.15. The molecule has 29 heavy (non-hydrogen) atoms. The smallest absolute Gasteiger partial charge is 0.416 e. The number of benzene rings is 2. The van der Waals surface area contributed by atoms with Gasteiger partial charge in [0.05, 0.1) is 11.8 Å². The first-order valence-electron chi connectivity index (χ1n) is 8.54. The maximum Gasteiger partial charge on any atom is 0.416 e. The van der Waals surface area contributed by atoms with Crippen molar-refractivity contribution in [1.29, 1.82) is 0 Å². The van der Waals surface area contributed by atoms with E-state index < -0.39 is 29.7 Å². The van der Waals surface area contributed by atoms with E-state index in [2.05, 4.69) is 5.32 Å². The highest BCUT2D eigenvalue weighted by molar-refractivity contribution is 5.98. The number of hydrogen-bond acceptors (Lipinski definition) is 4. The molecule has 0 aliphatic carbocycles. The Morgan fingerprint density at radius 2 is 1.76 bits per heavy atom. The summed E-state index contributed by atoms with van der Waals surface area (Å²) in [5.41, 5.74) is -0.455. The molecule has 0 saturated heterocycles. The van der Waals surface area contributed by atoms with Crippen LogP contribution in [0.3, 0.4) is 0 Å². The molecule has 1 aromatic heterocycles. The number of aryl methyl sites for hydroxylation is 1. The van der Waals surface area contributed by atoms with Crippen LogP contribution in [0.4, 0.5) is 18.9 Å². The molecule has 5 nitrogen and oxygen atoms in total. The molecule has 0 saturated carbocycles. The van der Waals surface area contributed by atoms with Crippen molar-refractivity contribution in [3.63, 3.8) is 0 Å². The summed E-state index contributed by atoms with van der Waals surface area (Å²) in [6, 6.07) is 13.8. The molecule has 1 heterocycles. The van der Waals surface area contributed by atoms with E-state index in [9.17, 15) is 22.8 Å². The summed E-state index contributed by atoms with van der Waals surface area (Å²) in [6.07, 6.45) is -4.61. The number of nitrogens with one attached hydrogen (secondary N) is 1. The normalized spacial score (nSPS) is 12.3. The second-order valence-electron chi connectivity index (χ2n) is 6.15. The summed E-state index contributed by atoms with van der Waals surface area (Å²) >= 11 is 0. The Labute approximate surface area is 164 Å². The number of ether oxygens (including phenoxy) is 1. The fourth-order valence-electron chi connectivity index (χ4n) is 2.65. The molecule has 0 aliphatic heterocycles. The number of rotatable bonds is 5. The summed E-state index contributed by atoms with van der Waals surface area (Å²) in [5.74, 6) is -1.26. The van der Waals surface area contributed by atoms with Gasteiger partial charge in [0.25, 0.3) is 5.91 Å². The Bertz CT molecular complexity index is 1010. The van der Waals surface area contributed by atoms with Gasteiger partial charge in [-0.25, -0.2) is 4.79 Å². The molecule has 1 amide bonds. The van der Waals surface area contributed by atoms with Gasteiger partial charge in [-0.1, -0.05) is 36.4 Å². The maximum absolute atomic E-state index is 12.9. The molecule has 0 aliphatic rings. The van der Waals surface area contributed by atoms with Gasteiger partial charge >= 0.3 is 12.1 Å². The molecule has 150 valence electrons. The third-order valence-electron chi connectivity index (χ3n) is 4.10. The second kappa shape index (κ2) is 8.22. The Hall–Kier alpha value is -3.55. The van der Waals surface area contributed by atoms with Crippen LogP contribution in [0.5, 0.6) is 0 Å². The van der Waals surface area contributed by atoms with Gasteiger partial charge in [-0.05, 0) is 31.2 Å². The van der Waals surface area contributed by atoms with Gasteiger partial charge in [0, 0.05) is 11.3 Å². The number of amides is 1. The Morgan fingerprint density at radius 1 is 1.03 bits per heavy atom. The predicted octanol–water partition coefficient (Wildman–Crippen LogP) is 5.14. The van der Waals surface area contributed by atoms with Crippen LogP contribution in [0, 0.1) is 6.92 Å². The van der Waals surface area contributed by atoms with E-state index >= 15 is 0 Å². The van der Waals surface area contributed by atoms with E-state index in [1.54, 1.807) is 37.3 Å². The van der Waals surface area contributed by atoms with E-state index in [1.807, 2.05) is 0 Å². The highest BCUT2D eigenvalue weighted by atomic mass is 19.4. The van der Waals surface area contributed by atoms with Crippen molar-refractivity contribution in [3.05, 3.63) is 89.4 Å². The largest absolute Gasteiger partial charge is 0.469 e. The summed E-state index contributed by atoms with van der Waals surface area (Å²) < 4.78 is 49.1. The minimum absolute atomic E-state index is 0.0682. The maximum atomic E-state index is 12.9. The van der Waals surface area contributed by atoms with Crippen molar-refractivity contribution in [2.24, 2.45) is 0 Å². The average molecular weight is 403 g/mol. The molecule has 0 unspecified atom stereocenters. The van der Waals surface area contributed by atoms with E-state index in [4.69, 9.17) is 9.15 Å². The van der Waals surface area contributed by atoms with Crippen molar-refractivity contribution < 1.29 is 31.9 Å². The molecule has 2 aromatic carbocycles. The number of carbonyl (C=O) groups excluding carboxylic acids is 2. The molecule has 3 rings (SSSR count). The number of halogens is 3. The summed E-state index contributed by atoms with van der Waals surface area (Å²) in [4.78, 5) is 25.2. The van der Waals surface area contributed by atoms with Crippen molar-refractivity contribution in [3.8, 4) is 0 Å². The molecule has 0 radical (unpaired) electrons. The van der Waals surface area contributed by atoms with Gasteiger partial charge in [0.1, 0.15) is 11.3 Å². The lowest BCUT2D eigenvalue weighted by molar-refractivity contribution is -0.137. The van der Waals surface area contributed by atoms with Gasteiger partial charge in [0.2, 0.25) is 6.10 Å². The zero-order chi connectivity index (χ0) is 21.0. The van der Waals surface area contributed by atoms with Crippen molar-refractivity contribution in [2.45, 2.75) is 19.2 Å².